The summed E-state index contributed by atoms with van der Waals surface area (Å²) in [6.07, 6.45) is 3.41. The van der Waals surface area contributed by atoms with Crippen molar-refractivity contribution in [3.63, 3.8) is 0 Å². The van der Waals surface area contributed by atoms with Crippen molar-refractivity contribution in [1.29, 1.82) is 0 Å². The first-order chi connectivity index (χ1) is 9.24. The largest absolute Gasteiger partial charge is 0.397 e. The van der Waals surface area contributed by atoms with Gasteiger partial charge in [0.05, 0.1) is 11.9 Å². The molecule has 0 spiro atoms. The minimum atomic E-state index is -0.153. The molecule has 2 heterocycles. The minimum absolute atomic E-state index is 0.153. The van der Waals surface area contributed by atoms with Gasteiger partial charge in [0.2, 0.25) is 0 Å². The molecule has 0 aliphatic rings. The molecule has 19 heavy (non-hydrogen) atoms. The molecule has 5 nitrogen and oxygen atoms in total. The predicted molar refractivity (Wildman–Crippen MR) is 81.7 cm³/mol. The third-order valence-corrected chi connectivity index (χ3v) is 4.46. The van der Waals surface area contributed by atoms with Gasteiger partial charge in [0.15, 0.2) is 0 Å². The van der Waals surface area contributed by atoms with E-state index in [1.54, 1.807) is 24.0 Å². The number of thioether (sulfide) groups is 1. The van der Waals surface area contributed by atoms with Gasteiger partial charge in [-0.3, -0.25) is 4.79 Å². The number of thiophene rings is 1. The van der Waals surface area contributed by atoms with Gasteiger partial charge in [-0.1, -0.05) is 6.08 Å². The lowest BCUT2D eigenvalue weighted by Gasteiger charge is -2.03. The number of hydrogen-bond acceptors (Lipinski definition) is 6. The number of aromatic nitrogens is 2. The second-order valence-corrected chi connectivity index (χ2v) is 5.86. The first-order valence-corrected chi connectivity index (χ1v) is 7.67. The Bertz CT molecular complexity index is 596. The van der Waals surface area contributed by atoms with Crippen molar-refractivity contribution < 1.29 is 4.79 Å². The van der Waals surface area contributed by atoms with Crippen LogP contribution in [0.15, 0.2) is 24.9 Å². The highest BCUT2D eigenvalue weighted by Crippen LogP contribution is 2.31. The molecule has 0 fully saturated rings. The van der Waals surface area contributed by atoms with E-state index >= 15 is 0 Å². The van der Waals surface area contributed by atoms with Crippen LogP contribution in [0.1, 0.15) is 9.67 Å². The Balaban J connectivity index is 2.01. The first-order valence-electron chi connectivity index (χ1n) is 5.70. The monoisotopic (exact) mass is 294 g/mol. The molecule has 100 valence electrons. The fraction of sp³-hybridized carbons (Fsp3) is 0.250. The number of nitrogens with zero attached hydrogens (tertiary/aromatic N) is 2. The molecule has 0 aliphatic carbocycles. The zero-order chi connectivity index (χ0) is 13.7. The molecule has 0 unspecified atom stereocenters. The van der Waals surface area contributed by atoms with E-state index in [9.17, 15) is 4.79 Å². The van der Waals surface area contributed by atoms with Crippen LogP contribution in [0.3, 0.4) is 0 Å². The average Bonchev–Trinajstić information content (AvgIpc) is 2.76. The standard InChI is InChI=1S/C12H14N4OS2/c1-2-6-18-7-5-14-11(17)10-9(13)8-3-4-15-16-12(8)19-10/h2-4H,1,5-7,13H2,(H,14,17). The van der Waals surface area contributed by atoms with Gasteiger partial charge in [0.25, 0.3) is 5.91 Å². The first kappa shape index (κ1) is 13.8. The van der Waals surface area contributed by atoms with Gasteiger partial charge in [-0.2, -0.15) is 16.9 Å². The fourth-order valence-corrected chi connectivity index (χ4v) is 3.06. The van der Waals surface area contributed by atoms with E-state index in [0.717, 1.165) is 16.9 Å². The topological polar surface area (TPSA) is 80.9 Å². The Morgan fingerprint density at radius 1 is 1.63 bits per heavy atom. The van der Waals surface area contributed by atoms with Crippen LogP contribution in [0.2, 0.25) is 0 Å². The zero-order valence-electron chi connectivity index (χ0n) is 10.3. The van der Waals surface area contributed by atoms with E-state index in [-0.39, 0.29) is 5.91 Å². The van der Waals surface area contributed by atoms with E-state index in [0.29, 0.717) is 21.9 Å². The Hall–Kier alpha value is -1.60. The molecule has 0 bridgehead atoms. The molecule has 3 N–H and O–H groups in total. The van der Waals surface area contributed by atoms with Crippen LogP contribution >= 0.6 is 23.1 Å². The van der Waals surface area contributed by atoms with Gasteiger partial charge >= 0.3 is 0 Å². The predicted octanol–water partition coefficient (Wildman–Crippen LogP) is 1.92. The molecule has 0 saturated carbocycles. The average molecular weight is 294 g/mol. The SMILES string of the molecule is C=CCSCCNC(=O)c1sc2nnccc2c1N. The number of carbonyl (C=O) groups is 1. The van der Waals surface area contributed by atoms with E-state index < -0.39 is 0 Å². The lowest BCUT2D eigenvalue weighted by molar-refractivity contribution is 0.0961. The van der Waals surface area contributed by atoms with Gasteiger partial charge in [-0.05, 0) is 6.07 Å². The molecule has 2 aromatic heterocycles. The van der Waals surface area contributed by atoms with Crippen molar-refractivity contribution in [2.75, 3.05) is 23.8 Å². The van der Waals surface area contributed by atoms with Crippen LogP contribution in [-0.2, 0) is 0 Å². The van der Waals surface area contributed by atoms with Crippen LogP contribution < -0.4 is 11.1 Å². The summed E-state index contributed by atoms with van der Waals surface area (Å²) >= 11 is 2.98. The van der Waals surface area contributed by atoms with Gasteiger partial charge in [-0.15, -0.1) is 23.0 Å². The van der Waals surface area contributed by atoms with Gasteiger partial charge in [0.1, 0.15) is 9.71 Å². The molecule has 7 heteroatoms. The van der Waals surface area contributed by atoms with E-state index in [1.807, 2.05) is 6.08 Å². The number of nitrogen functional groups attached to an aromatic ring is 1. The number of rotatable bonds is 6. The van der Waals surface area contributed by atoms with Crippen molar-refractivity contribution in [2.45, 2.75) is 0 Å². The third-order valence-electron chi connectivity index (χ3n) is 2.39. The number of nitrogens with two attached hydrogens (primary N) is 1. The Labute approximate surface area is 119 Å². The number of carbonyl (C=O) groups excluding carboxylic acids is 1. The fourth-order valence-electron chi connectivity index (χ4n) is 1.53. The van der Waals surface area contributed by atoms with Gasteiger partial charge in [-0.25, -0.2) is 0 Å². The van der Waals surface area contributed by atoms with Crippen molar-refractivity contribution in [1.82, 2.24) is 15.5 Å². The Morgan fingerprint density at radius 2 is 2.47 bits per heavy atom. The van der Waals surface area contributed by atoms with Crippen molar-refractivity contribution in [3.05, 3.63) is 29.8 Å². The number of fused-ring (bicyclic) bond motifs is 1. The molecule has 2 aromatic rings. The lowest BCUT2D eigenvalue weighted by atomic mass is 10.3. The molecule has 0 radical (unpaired) electrons. The molecule has 0 aliphatic heterocycles. The van der Waals surface area contributed by atoms with Crippen LogP contribution in [-0.4, -0.2) is 34.2 Å². The van der Waals surface area contributed by atoms with Crippen molar-refractivity contribution in [3.8, 4) is 0 Å². The second-order valence-electron chi connectivity index (χ2n) is 3.71. The second kappa shape index (κ2) is 6.53. The highest BCUT2D eigenvalue weighted by Gasteiger charge is 2.16. The summed E-state index contributed by atoms with van der Waals surface area (Å²) in [7, 11) is 0. The van der Waals surface area contributed by atoms with E-state index in [1.165, 1.54) is 11.3 Å². The smallest absolute Gasteiger partial charge is 0.263 e. The molecule has 0 aromatic carbocycles. The van der Waals surface area contributed by atoms with Crippen molar-refractivity contribution in [2.24, 2.45) is 0 Å². The maximum Gasteiger partial charge on any atom is 0.263 e. The summed E-state index contributed by atoms with van der Waals surface area (Å²) in [5.41, 5.74) is 6.43. The molecule has 2 rings (SSSR count). The third kappa shape index (κ3) is 3.24. The summed E-state index contributed by atoms with van der Waals surface area (Å²) in [5.74, 6) is 1.58. The number of anilines is 1. The maximum absolute atomic E-state index is 12.0. The summed E-state index contributed by atoms with van der Waals surface area (Å²) in [6, 6.07) is 1.77. The van der Waals surface area contributed by atoms with Crippen molar-refractivity contribution >= 4 is 44.9 Å². The summed E-state index contributed by atoms with van der Waals surface area (Å²) in [4.78, 5) is 13.2. The maximum atomic E-state index is 12.0. The molecule has 0 saturated heterocycles. The highest BCUT2D eigenvalue weighted by atomic mass is 32.2. The number of amides is 1. The zero-order valence-corrected chi connectivity index (χ0v) is 11.9. The van der Waals surface area contributed by atoms with E-state index in [2.05, 4.69) is 22.1 Å². The van der Waals surface area contributed by atoms with Crippen LogP contribution in [0.5, 0.6) is 0 Å². The molecule has 1 amide bonds. The Kier molecular flexibility index (Phi) is 4.75. The number of hydrogen-bond donors (Lipinski definition) is 2. The minimum Gasteiger partial charge on any atom is -0.397 e. The van der Waals surface area contributed by atoms with Crippen LogP contribution in [0, 0.1) is 0 Å². The van der Waals surface area contributed by atoms with E-state index in [4.69, 9.17) is 5.73 Å². The Morgan fingerprint density at radius 3 is 3.21 bits per heavy atom. The van der Waals surface area contributed by atoms with Crippen LogP contribution in [0.4, 0.5) is 5.69 Å². The summed E-state index contributed by atoms with van der Waals surface area (Å²) in [5, 5.41) is 11.4. The van der Waals surface area contributed by atoms with Crippen LogP contribution in [0.25, 0.3) is 10.2 Å². The number of nitrogens with one attached hydrogen (secondary N) is 1. The van der Waals surface area contributed by atoms with Gasteiger partial charge in [0, 0.05) is 23.4 Å². The molecular weight excluding hydrogens is 280 g/mol. The lowest BCUT2D eigenvalue weighted by Crippen LogP contribution is -2.25. The highest BCUT2D eigenvalue weighted by molar-refractivity contribution is 7.99. The van der Waals surface area contributed by atoms with Gasteiger partial charge < -0.3 is 11.1 Å². The molecule has 0 atom stereocenters. The molecular formula is C12H14N4OS2. The quantitative estimate of drug-likeness (QED) is 0.628. The normalized spacial score (nSPS) is 10.5. The summed E-state index contributed by atoms with van der Waals surface area (Å²) < 4.78 is 0. The summed E-state index contributed by atoms with van der Waals surface area (Å²) in [6.45, 7) is 4.25.